The summed E-state index contributed by atoms with van der Waals surface area (Å²) in [5.41, 5.74) is 0.0130. The Labute approximate surface area is 114 Å². The molecule has 1 heterocycles. The van der Waals surface area contributed by atoms with Gasteiger partial charge >= 0.3 is 0 Å². The average molecular weight is 255 g/mol. The lowest BCUT2D eigenvalue weighted by Gasteiger charge is -2.46. The first kappa shape index (κ1) is 16.0. The van der Waals surface area contributed by atoms with Crippen LogP contribution in [0, 0.1) is 17.8 Å². The monoisotopic (exact) mass is 255 g/mol. The minimum atomic E-state index is 0.0130. The quantitative estimate of drug-likeness (QED) is 0.805. The van der Waals surface area contributed by atoms with Gasteiger partial charge in [-0.2, -0.15) is 0 Å². The molecule has 3 atom stereocenters. The lowest BCUT2D eigenvalue weighted by molar-refractivity contribution is -0.145. The minimum Gasteiger partial charge on any atom is -0.369 e. The van der Waals surface area contributed by atoms with Gasteiger partial charge in [-0.05, 0) is 37.5 Å². The molecule has 2 heteroatoms. The van der Waals surface area contributed by atoms with E-state index in [9.17, 15) is 0 Å². The van der Waals surface area contributed by atoms with Crippen LogP contribution in [-0.2, 0) is 4.74 Å². The molecule has 0 saturated carbocycles. The molecule has 18 heavy (non-hydrogen) atoms. The SMILES string of the molecule is CC(C)CC1OC(C)(CC(C)C)CNC1C(C)C. The van der Waals surface area contributed by atoms with E-state index in [1.807, 2.05) is 0 Å². The van der Waals surface area contributed by atoms with Crippen molar-refractivity contribution in [1.82, 2.24) is 5.32 Å². The van der Waals surface area contributed by atoms with Crippen LogP contribution in [0.4, 0.5) is 0 Å². The summed E-state index contributed by atoms with van der Waals surface area (Å²) in [5.74, 6) is 2.02. The molecule has 108 valence electrons. The zero-order valence-electron chi connectivity index (χ0n) is 13.4. The van der Waals surface area contributed by atoms with E-state index in [4.69, 9.17) is 4.74 Å². The summed E-state index contributed by atoms with van der Waals surface area (Å²) in [6.07, 6.45) is 2.66. The summed E-state index contributed by atoms with van der Waals surface area (Å²) in [6.45, 7) is 17.0. The number of rotatable bonds is 5. The Bertz CT molecular complexity index is 249. The van der Waals surface area contributed by atoms with Gasteiger partial charge in [0.2, 0.25) is 0 Å². The van der Waals surface area contributed by atoms with Crippen LogP contribution in [0.5, 0.6) is 0 Å². The molecule has 1 N–H and O–H groups in total. The highest BCUT2D eigenvalue weighted by atomic mass is 16.5. The van der Waals surface area contributed by atoms with Crippen molar-refractivity contribution in [2.75, 3.05) is 6.54 Å². The first-order valence-corrected chi connectivity index (χ1v) is 7.64. The normalized spacial score (nSPS) is 33.7. The standard InChI is InChI=1S/C16H33NO/c1-11(2)8-14-15(13(5)6)17-10-16(7,18-14)9-12(3)4/h11-15,17H,8-10H2,1-7H3. The van der Waals surface area contributed by atoms with Gasteiger partial charge in [-0.1, -0.05) is 41.5 Å². The number of ether oxygens (including phenoxy) is 1. The third-order valence-corrected chi connectivity index (χ3v) is 3.81. The molecular formula is C16H33NO. The third kappa shape index (κ3) is 4.55. The first-order valence-electron chi connectivity index (χ1n) is 7.64. The topological polar surface area (TPSA) is 21.3 Å². The van der Waals surface area contributed by atoms with Crippen molar-refractivity contribution >= 4 is 0 Å². The lowest BCUT2D eigenvalue weighted by atomic mass is 9.86. The fourth-order valence-electron chi connectivity index (χ4n) is 3.25. The van der Waals surface area contributed by atoms with Crippen LogP contribution in [0.25, 0.3) is 0 Å². The van der Waals surface area contributed by atoms with E-state index in [1.54, 1.807) is 0 Å². The number of hydrogen-bond acceptors (Lipinski definition) is 2. The number of morpholine rings is 1. The maximum absolute atomic E-state index is 6.51. The van der Waals surface area contributed by atoms with Crippen molar-refractivity contribution in [3.05, 3.63) is 0 Å². The highest BCUT2D eigenvalue weighted by Crippen LogP contribution is 2.31. The summed E-state index contributed by atoms with van der Waals surface area (Å²) >= 11 is 0. The van der Waals surface area contributed by atoms with Crippen LogP contribution < -0.4 is 5.32 Å². The van der Waals surface area contributed by atoms with Gasteiger partial charge in [-0.15, -0.1) is 0 Å². The fraction of sp³-hybridized carbons (Fsp3) is 1.00. The molecule has 0 aliphatic carbocycles. The molecule has 0 aromatic carbocycles. The van der Waals surface area contributed by atoms with Crippen molar-refractivity contribution in [2.24, 2.45) is 17.8 Å². The van der Waals surface area contributed by atoms with Gasteiger partial charge in [0.1, 0.15) is 0 Å². The second-order valence-electron chi connectivity index (χ2n) is 7.48. The Morgan fingerprint density at radius 3 is 2.17 bits per heavy atom. The van der Waals surface area contributed by atoms with Crippen LogP contribution in [0.2, 0.25) is 0 Å². The summed E-state index contributed by atoms with van der Waals surface area (Å²) in [6, 6.07) is 0.507. The van der Waals surface area contributed by atoms with Gasteiger partial charge < -0.3 is 10.1 Å². The van der Waals surface area contributed by atoms with Gasteiger partial charge in [0.15, 0.2) is 0 Å². The molecule has 0 radical (unpaired) electrons. The average Bonchev–Trinajstić information content (AvgIpc) is 2.13. The predicted octanol–water partition coefficient (Wildman–Crippen LogP) is 3.85. The summed E-state index contributed by atoms with van der Waals surface area (Å²) in [5, 5.41) is 3.74. The molecule has 0 aromatic rings. The predicted molar refractivity (Wildman–Crippen MR) is 78.8 cm³/mol. The van der Waals surface area contributed by atoms with E-state index in [1.165, 1.54) is 0 Å². The molecule has 1 fully saturated rings. The second-order valence-corrected chi connectivity index (χ2v) is 7.48. The first-order chi connectivity index (χ1) is 8.23. The smallest absolute Gasteiger partial charge is 0.0785 e. The highest BCUT2D eigenvalue weighted by Gasteiger charge is 2.39. The van der Waals surface area contributed by atoms with Crippen LogP contribution in [0.15, 0.2) is 0 Å². The van der Waals surface area contributed by atoms with E-state index in [2.05, 4.69) is 53.8 Å². The third-order valence-electron chi connectivity index (χ3n) is 3.81. The fourth-order valence-corrected chi connectivity index (χ4v) is 3.25. The minimum absolute atomic E-state index is 0.0130. The van der Waals surface area contributed by atoms with Gasteiger partial charge in [0, 0.05) is 12.6 Å². The van der Waals surface area contributed by atoms with Crippen molar-refractivity contribution in [3.63, 3.8) is 0 Å². The summed E-state index contributed by atoms with van der Waals surface area (Å²) in [7, 11) is 0. The van der Waals surface area contributed by atoms with Gasteiger partial charge in [-0.3, -0.25) is 0 Å². The maximum atomic E-state index is 6.51. The molecule has 1 aliphatic heterocycles. The van der Waals surface area contributed by atoms with E-state index in [0.29, 0.717) is 29.9 Å². The highest BCUT2D eigenvalue weighted by molar-refractivity contribution is 4.93. The van der Waals surface area contributed by atoms with Crippen molar-refractivity contribution in [1.29, 1.82) is 0 Å². The van der Waals surface area contributed by atoms with Crippen LogP contribution >= 0.6 is 0 Å². The zero-order valence-corrected chi connectivity index (χ0v) is 13.4. The van der Waals surface area contributed by atoms with Crippen molar-refractivity contribution in [3.8, 4) is 0 Å². The Morgan fingerprint density at radius 2 is 1.72 bits per heavy atom. The van der Waals surface area contributed by atoms with E-state index in [-0.39, 0.29) is 5.60 Å². The molecule has 1 rings (SSSR count). The van der Waals surface area contributed by atoms with Gasteiger partial charge in [0.25, 0.3) is 0 Å². The van der Waals surface area contributed by atoms with Crippen LogP contribution in [0.3, 0.4) is 0 Å². The summed E-state index contributed by atoms with van der Waals surface area (Å²) in [4.78, 5) is 0. The summed E-state index contributed by atoms with van der Waals surface area (Å²) < 4.78 is 6.51. The van der Waals surface area contributed by atoms with E-state index < -0.39 is 0 Å². The lowest BCUT2D eigenvalue weighted by Crippen LogP contribution is -2.60. The Kier molecular flexibility index (Phi) is 5.67. The van der Waals surface area contributed by atoms with Crippen LogP contribution in [-0.4, -0.2) is 24.3 Å². The molecule has 3 unspecified atom stereocenters. The Hall–Kier alpha value is -0.0800. The number of nitrogens with one attached hydrogen (secondary N) is 1. The molecule has 1 aliphatic rings. The second kappa shape index (κ2) is 6.38. The molecule has 0 spiro atoms. The molecule has 0 bridgehead atoms. The Morgan fingerprint density at radius 1 is 1.11 bits per heavy atom. The van der Waals surface area contributed by atoms with Crippen LogP contribution in [0.1, 0.15) is 61.3 Å². The van der Waals surface area contributed by atoms with Gasteiger partial charge in [-0.25, -0.2) is 0 Å². The maximum Gasteiger partial charge on any atom is 0.0785 e. The van der Waals surface area contributed by atoms with Crippen molar-refractivity contribution < 1.29 is 4.74 Å². The molecule has 0 amide bonds. The van der Waals surface area contributed by atoms with Gasteiger partial charge in [0.05, 0.1) is 11.7 Å². The Balaban J connectivity index is 2.72. The number of hydrogen-bond donors (Lipinski definition) is 1. The molecule has 1 saturated heterocycles. The molecule has 0 aromatic heterocycles. The van der Waals surface area contributed by atoms with Crippen molar-refractivity contribution in [2.45, 2.75) is 79.1 Å². The molecule has 2 nitrogen and oxygen atoms in total. The van der Waals surface area contributed by atoms with E-state index >= 15 is 0 Å². The largest absolute Gasteiger partial charge is 0.369 e. The molecular weight excluding hydrogens is 222 g/mol. The van der Waals surface area contributed by atoms with E-state index in [0.717, 1.165) is 19.4 Å². The zero-order chi connectivity index (χ0) is 13.9.